The first kappa shape index (κ1) is 30.8. The summed E-state index contributed by atoms with van der Waals surface area (Å²) >= 11 is 1.71. The number of anilines is 1. The molecule has 2 fully saturated rings. The van der Waals surface area contributed by atoms with E-state index < -0.39 is 10.0 Å². The second-order valence-electron chi connectivity index (χ2n) is 12.5. The van der Waals surface area contributed by atoms with E-state index in [-0.39, 0.29) is 17.7 Å². The highest BCUT2D eigenvalue weighted by atomic mass is 32.2. The van der Waals surface area contributed by atoms with Crippen LogP contribution in [0.15, 0.2) is 30.5 Å². The third-order valence-electron chi connectivity index (χ3n) is 8.40. The van der Waals surface area contributed by atoms with Crippen molar-refractivity contribution in [1.29, 1.82) is 0 Å². The molecule has 1 amide bonds. The van der Waals surface area contributed by atoms with Crippen molar-refractivity contribution in [3.63, 3.8) is 0 Å². The molecule has 2 saturated heterocycles. The Hall–Kier alpha value is -3.21. The van der Waals surface area contributed by atoms with Gasteiger partial charge in [0.25, 0.3) is 0 Å². The Balaban J connectivity index is 1.27. The summed E-state index contributed by atoms with van der Waals surface area (Å²) in [6.45, 7) is 11.1. The van der Waals surface area contributed by atoms with Gasteiger partial charge in [-0.2, -0.15) is 9.40 Å². The van der Waals surface area contributed by atoms with Crippen LogP contribution in [0.3, 0.4) is 0 Å². The SMILES string of the molecule is CC(C)(CC(=O)NO)CN1CCN(c2nc(-c3cccc4[nH]ncc34)nc3cc(CN4CCN(S(C)(=O)=O)CC4)sc23)CC1. The van der Waals surface area contributed by atoms with Crippen molar-refractivity contribution < 1.29 is 18.4 Å². The van der Waals surface area contributed by atoms with E-state index >= 15 is 0 Å². The Morgan fingerprint density at radius 3 is 2.50 bits per heavy atom. The number of rotatable bonds is 9. The molecular formula is C29H39N9O4S2. The molecule has 2 aliphatic rings. The zero-order valence-electron chi connectivity index (χ0n) is 25.3. The van der Waals surface area contributed by atoms with E-state index in [1.807, 2.05) is 38.2 Å². The Morgan fingerprint density at radius 2 is 1.80 bits per heavy atom. The number of benzene rings is 1. The Morgan fingerprint density at radius 1 is 1.07 bits per heavy atom. The second kappa shape index (κ2) is 12.3. The highest BCUT2D eigenvalue weighted by molar-refractivity contribution is 7.88. The normalized spacial score (nSPS) is 18.0. The van der Waals surface area contributed by atoms with Crippen molar-refractivity contribution in [3.8, 4) is 11.4 Å². The van der Waals surface area contributed by atoms with Crippen LogP contribution in [0.25, 0.3) is 32.5 Å². The van der Waals surface area contributed by atoms with E-state index in [1.54, 1.807) is 21.1 Å². The van der Waals surface area contributed by atoms with Gasteiger partial charge in [-0.1, -0.05) is 26.0 Å². The number of thiophene rings is 1. The van der Waals surface area contributed by atoms with Crippen molar-refractivity contribution >= 4 is 54.2 Å². The van der Waals surface area contributed by atoms with E-state index in [2.05, 4.69) is 31.0 Å². The molecule has 4 aromatic rings. The van der Waals surface area contributed by atoms with Gasteiger partial charge in [-0.05, 0) is 17.5 Å². The number of nitrogens with one attached hydrogen (secondary N) is 2. The number of sulfonamides is 1. The van der Waals surface area contributed by atoms with E-state index in [1.165, 1.54) is 11.1 Å². The summed E-state index contributed by atoms with van der Waals surface area (Å²) in [6.07, 6.45) is 3.33. The van der Waals surface area contributed by atoms with Gasteiger partial charge in [0.1, 0.15) is 0 Å². The molecule has 6 rings (SSSR count). The van der Waals surface area contributed by atoms with Crippen molar-refractivity contribution in [2.75, 3.05) is 70.1 Å². The molecule has 0 atom stereocenters. The molecule has 2 aliphatic heterocycles. The van der Waals surface area contributed by atoms with Gasteiger partial charge in [-0.25, -0.2) is 23.9 Å². The van der Waals surface area contributed by atoms with Crippen LogP contribution in [-0.2, 0) is 21.4 Å². The van der Waals surface area contributed by atoms with Crippen molar-refractivity contribution in [2.24, 2.45) is 5.41 Å². The van der Waals surface area contributed by atoms with Gasteiger partial charge < -0.3 is 4.90 Å². The first-order valence-electron chi connectivity index (χ1n) is 14.8. The number of amides is 1. The van der Waals surface area contributed by atoms with Crippen molar-refractivity contribution in [2.45, 2.75) is 26.8 Å². The van der Waals surface area contributed by atoms with Crippen LogP contribution >= 0.6 is 11.3 Å². The molecule has 236 valence electrons. The first-order chi connectivity index (χ1) is 21.0. The zero-order chi connectivity index (χ0) is 31.1. The van der Waals surface area contributed by atoms with Gasteiger partial charge in [0.15, 0.2) is 11.6 Å². The predicted octanol–water partition coefficient (Wildman–Crippen LogP) is 2.36. The van der Waals surface area contributed by atoms with Crippen LogP contribution in [0.2, 0.25) is 0 Å². The predicted molar refractivity (Wildman–Crippen MR) is 171 cm³/mol. The monoisotopic (exact) mass is 641 g/mol. The standard InChI is InChI=1S/C29H39N9O4S2/c1-29(2,16-25(39)34-40)19-36-7-11-37(12-8-36)28-26-24(31-27(32-28)21-5-4-6-23-22(21)17-30-33-23)15-20(43-26)18-35-9-13-38(14-10-35)44(3,41)42/h4-6,15,17,40H,7-14,16,18-19H2,1-3H3,(H,30,33)(H,34,39). The average Bonchev–Trinajstić information content (AvgIpc) is 3.63. The summed E-state index contributed by atoms with van der Waals surface area (Å²) < 4.78 is 26.5. The van der Waals surface area contributed by atoms with E-state index in [0.717, 1.165) is 71.8 Å². The molecule has 3 aromatic heterocycles. The van der Waals surface area contributed by atoms with Gasteiger partial charge in [0.05, 0.1) is 28.2 Å². The molecule has 0 radical (unpaired) electrons. The minimum absolute atomic E-state index is 0.250. The van der Waals surface area contributed by atoms with Gasteiger partial charge in [0, 0.05) is 87.7 Å². The maximum Gasteiger partial charge on any atom is 0.243 e. The van der Waals surface area contributed by atoms with Crippen molar-refractivity contribution in [1.82, 2.24) is 39.8 Å². The fourth-order valence-corrected chi connectivity index (χ4v) is 8.21. The number of fused-ring (bicyclic) bond motifs is 2. The molecule has 44 heavy (non-hydrogen) atoms. The van der Waals surface area contributed by atoms with Gasteiger partial charge in [-0.15, -0.1) is 11.3 Å². The maximum absolute atomic E-state index is 12.0. The highest BCUT2D eigenvalue weighted by Gasteiger charge is 2.29. The number of carbonyl (C=O) groups is 1. The molecule has 0 saturated carbocycles. The number of hydroxylamine groups is 1. The van der Waals surface area contributed by atoms with Crippen LogP contribution in [0.1, 0.15) is 25.1 Å². The third kappa shape index (κ3) is 6.72. The summed E-state index contributed by atoms with van der Waals surface area (Å²) in [5.41, 5.74) is 4.23. The Bertz CT molecular complexity index is 1750. The van der Waals surface area contributed by atoms with Gasteiger partial charge in [-0.3, -0.25) is 24.9 Å². The quantitative estimate of drug-likeness (QED) is 0.184. The minimum atomic E-state index is -3.18. The fourth-order valence-electron chi connectivity index (χ4n) is 6.23. The summed E-state index contributed by atoms with van der Waals surface area (Å²) in [4.78, 5) is 30.2. The van der Waals surface area contributed by atoms with E-state index in [9.17, 15) is 13.2 Å². The van der Waals surface area contributed by atoms with E-state index in [0.29, 0.717) is 32.0 Å². The van der Waals surface area contributed by atoms with Crippen LogP contribution in [0.4, 0.5) is 5.82 Å². The number of carbonyl (C=O) groups excluding carboxylic acids is 1. The Kier molecular flexibility index (Phi) is 8.60. The number of nitrogens with zero attached hydrogens (tertiary/aromatic N) is 7. The average molecular weight is 642 g/mol. The largest absolute Gasteiger partial charge is 0.353 e. The molecule has 5 heterocycles. The number of aromatic amines is 1. The van der Waals surface area contributed by atoms with Crippen LogP contribution < -0.4 is 10.4 Å². The topological polar surface area (TPSA) is 151 Å². The fraction of sp³-hybridized carbons (Fsp3) is 0.517. The zero-order valence-corrected chi connectivity index (χ0v) is 26.9. The van der Waals surface area contributed by atoms with Crippen LogP contribution in [-0.4, -0.2) is 119 Å². The van der Waals surface area contributed by atoms with Crippen LogP contribution in [0, 0.1) is 5.41 Å². The summed E-state index contributed by atoms with van der Waals surface area (Å²) in [7, 11) is -3.18. The lowest BCUT2D eigenvalue weighted by Gasteiger charge is -2.39. The molecule has 15 heteroatoms. The Labute approximate surface area is 260 Å². The number of H-pyrrole nitrogens is 1. The van der Waals surface area contributed by atoms with Crippen molar-refractivity contribution in [3.05, 3.63) is 35.3 Å². The lowest BCUT2D eigenvalue weighted by Crippen LogP contribution is -2.49. The molecule has 0 spiro atoms. The van der Waals surface area contributed by atoms with E-state index in [4.69, 9.17) is 15.2 Å². The number of piperazine rings is 2. The lowest BCUT2D eigenvalue weighted by molar-refractivity contribution is -0.131. The molecule has 0 unspecified atom stereocenters. The number of aromatic nitrogens is 4. The third-order valence-corrected chi connectivity index (χ3v) is 10.8. The smallest absolute Gasteiger partial charge is 0.243 e. The summed E-state index contributed by atoms with van der Waals surface area (Å²) in [5.74, 6) is 1.20. The molecule has 1 aromatic carbocycles. The van der Waals surface area contributed by atoms with Gasteiger partial charge in [0.2, 0.25) is 15.9 Å². The molecule has 13 nitrogen and oxygen atoms in total. The number of hydrogen-bond donors (Lipinski definition) is 3. The number of hydrogen-bond acceptors (Lipinski definition) is 11. The molecule has 3 N–H and O–H groups in total. The minimum Gasteiger partial charge on any atom is -0.353 e. The maximum atomic E-state index is 12.0. The molecule has 0 aliphatic carbocycles. The second-order valence-corrected chi connectivity index (χ2v) is 15.6. The van der Waals surface area contributed by atoms with Crippen LogP contribution in [0.5, 0.6) is 0 Å². The van der Waals surface area contributed by atoms with Gasteiger partial charge >= 0.3 is 0 Å². The lowest BCUT2D eigenvalue weighted by atomic mass is 9.88. The molecule has 0 bridgehead atoms. The summed E-state index contributed by atoms with van der Waals surface area (Å²) in [5, 5.41) is 17.2. The molecular weight excluding hydrogens is 603 g/mol. The first-order valence-corrected chi connectivity index (χ1v) is 17.5. The summed E-state index contributed by atoms with van der Waals surface area (Å²) in [6, 6.07) is 8.15. The highest BCUT2D eigenvalue weighted by Crippen LogP contribution is 2.37.